The number of hydrogen-bond donors (Lipinski definition) is 1. The number of pyridine rings is 3. The van der Waals surface area contributed by atoms with Gasteiger partial charge in [0.05, 0.1) is 5.41 Å². The lowest BCUT2D eigenvalue weighted by molar-refractivity contribution is 0.463. The Balaban J connectivity index is 0.000000147. The summed E-state index contributed by atoms with van der Waals surface area (Å²) in [7, 11) is 0. The summed E-state index contributed by atoms with van der Waals surface area (Å²) >= 11 is -1.24. The molecule has 1 N–H and O–H groups in total. The number of anilines is 3. The smallest absolute Gasteiger partial charge is 0.613 e. The van der Waals surface area contributed by atoms with Crippen molar-refractivity contribution >= 4 is 65.7 Å². The minimum absolute atomic E-state index is 0.239. The largest absolute Gasteiger partial charge is 0.832 e. The van der Waals surface area contributed by atoms with Gasteiger partial charge in [0, 0.05) is 51.8 Å². The first-order chi connectivity index (χ1) is 38.6. The maximum absolute atomic E-state index is 9.31. The van der Waals surface area contributed by atoms with Crippen molar-refractivity contribution in [2.24, 2.45) is 0 Å². The predicted molar refractivity (Wildman–Crippen MR) is 319 cm³/mol. The molecule has 13 aromatic rings. The van der Waals surface area contributed by atoms with Crippen molar-refractivity contribution in [3.8, 4) is 39.5 Å². The molecule has 7 nitrogen and oxygen atoms in total. The molecule has 0 saturated heterocycles. The first-order valence-corrected chi connectivity index (χ1v) is 27.1. The van der Waals surface area contributed by atoms with E-state index in [9.17, 15) is 5.11 Å². The number of phenolic OH excluding ortho intramolecular Hbond substituents is 1. The topological polar surface area (TPSA) is 80.6 Å². The van der Waals surface area contributed by atoms with Crippen LogP contribution in [0.25, 0.3) is 55.0 Å². The van der Waals surface area contributed by atoms with Gasteiger partial charge in [-0.1, -0.05) is 206 Å². The lowest BCUT2D eigenvalue weighted by atomic mass is 9.68. The predicted octanol–water partition coefficient (Wildman–Crippen LogP) is 16.6. The van der Waals surface area contributed by atoms with Gasteiger partial charge >= 0.3 is 15.9 Å². The molecule has 1 aliphatic carbocycles. The molecule has 8 heteroatoms. The fourth-order valence-electron chi connectivity index (χ4n) is 10.7. The summed E-state index contributed by atoms with van der Waals surface area (Å²) in [5.74, 6) is 1.77. The molecule has 0 unspecified atom stereocenters. The third-order valence-corrected chi connectivity index (χ3v) is 15.1. The molecule has 0 fully saturated rings. The third kappa shape index (κ3) is 9.82. The number of benzene rings is 10. The van der Waals surface area contributed by atoms with Gasteiger partial charge in [0.15, 0.2) is 0 Å². The van der Waals surface area contributed by atoms with E-state index >= 15 is 0 Å². The van der Waals surface area contributed by atoms with E-state index in [4.69, 9.17) is 7.58 Å². The van der Waals surface area contributed by atoms with Crippen LogP contribution in [0.4, 0.5) is 17.1 Å². The summed E-state index contributed by atoms with van der Waals surface area (Å²) < 4.78 is 11.8. The number of fused-ring (bicyclic) bond motifs is 6. The van der Waals surface area contributed by atoms with Gasteiger partial charge in [0.2, 0.25) is 0 Å². The highest BCUT2D eigenvalue weighted by molar-refractivity contribution is 6.22. The molecule has 78 heavy (non-hydrogen) atoms. The van der Waals surface area contributed by atoms with Crippen molar-refractivity contribution in [2.45, 2.75) is 5.41 Å². The van der Waals surface area contributed by atoms with Crippen LogP contribution in [0.15, 0.2) is 298 Å². The van der Waals surface area contributed by atoms with Crippen molar-refractivity contribution in [3.05, 3.63) is 320 Å². The maximum atomic E-state index is 9.31. The van der Waals surface area contributed by atoms with Crippen molar-refractivity contribution in [1.82, 2.24) is 15.0 Å². The second-order valence-electron chi connectivity index (χ2n) is 18.8. The number of nitrogens with zero attached hydrogens (tertiary/aromatic N) is 4. The Morgan fingerprint density at radius 3 is 1.27 bits per heavy atom. The minimum atomic E-state index is -1.24. The van der Waals surface area contributed by atoms with Crippen LogP contribution < -0.4 is 12.5 Å². The van der Waals surface area contributed by atoms with E-state index in [0.717, 1.165) is 55.8 Å². The molecule has 14 rings (SSSR count). The molecule has 1 aliphatic rings. The zero-order chi connectivity index (χ0) is 52.5. The molecule has 10 aromatic carbocycles. The second kappa shape index (κ2) is 22.6. The second-order valence-corrected chi connectivity index (χ2v) is 19.6. The van der Waals surface area contributed by atoms with Crippen LogP contribution in [0.1, 0.15) is 22.3 Å². The molecule has 0 amide bonds. The molecule has 0 atom stereocenters. The van der Waals surface area contributed by atoms with E-state index in [0.29, 0.717) is 5.52 Å². The number of phenols is 1. The van der Waals surface area contributed by atoms with E-state index < -0.39 is 21.3 Å². The van der Waals surface area contributed by atoms with Crippen molar-refractivity contribution < 1.29 is 12.7 Å². The number of rotatable bonds is 10. The van der Waals surface area contributed by atoms with Crippen LogP contribution in [0, 0.1) is 0 Å². The van der Waals surface area contributed by atoms with Gasteiger partial charge in [-0.3, -0.25) is 15.0 Å². The zero-order valence-corrected chi connectivity index (χ0v) is 44.0. The van der Waals surface area contributed by atoms with Crippen LogP contribution in [0.2, 0.25) is 0 Å². The highest BCUT2D eigenvalue weighted by Gasteiger charge is 2.45. The molecule has 3 aromatic heterocycles. The monoisotopic (exact) mass is 1020 g/mol. The number of para-hydroxylation sites is 4. The Bertz CT molecular complexity index is 4010. The number of aromatic hydroxyl groups is 1. The van der Waals surface area contributed by atoms with Gasteiger partial charge in [-0.15, -0.1) is 0 Å². The summed E-state index contributed by atoms with van der Waals surface area (Å²) in [5.41, 5.74) is 15.6. The number of hydrogen-bond acceptors (Lipinski definition) is 7. The van der Waals surface area contributed by atoms with Crippen LogP contribution >= 0.6 is 0 Å². The first-order valence-electron chi connectivity index (χ1n) is 26.0. The Hall–Kier alpha value is -9.84. The summed E-state index contributed by atoms with van der Waals surface area (Å²) in [4.78, 5) is 15.1. The molecule has 0 spiro atoms. The van der Waals surface area contributed by atoms with Gasteiger partial charge in [-0.25, -0.2) is 0 Å². The lowest BCUT2D eigenvalue weighted by Gasteiger charge is -2.34. The van der Waals surface area contributed by atoms with Gasteiger partial charge in [0.25, 0.3) is 0 Å². The van der Waals surface area contributed by atoms with Crippen LogP contribution in [-0.4, -0.2) is 35.9 Å². The highest BCUT2D eigenvalue weighted by atomic mass is 27.2. The van der Waals surface area contributed by atoms with E-state index in [1.54, 1.807) is 30.7 Å². The Kier molecular flexibility index (Phi) is 14.2. The number of aromatic nitrogens is 3. The highest BCUT2D eigenvalue weighted by Crippen LogP contribution is 2.56. The van der Waals surface area contributed by atoms with E-state index in [1.807, 2.05) is 78.9 Å². The fraction of sp³-hybridized carbons (Fsp3) is 0.0143. The Morgan fingerprint density at radius 1 is 0.333 bits per heavy atom. The van der Waals surface area contributed by atoms with Gasteiger partial charge in [-0.2, -0.15) is 0 Å². The zero-order valence-electron chi connectivity index (χ0n) is 42.5. The standard InChI is InChI=1S/C43H31N.3C9H7NO.Al.H/c1-4-14-32(15-5-1)33-24-28-37(29-25-33)44(36-18-8-3-9-19-36)38-30-26-35(27-31-38)43(34-16-6-2-7-17-34)41-22-12-10-20-39(41)40-21-11-13-23-42(40)43;3*11-8-5-1-3-7-4-2-6-10-9(7)8;;/h1-31H;3*1-6,11H;;/q;;;;+2;/p-2. The average molecular weight is 1020 g/mol. The third-order valence-electron chi connectivity index (χ3n) is 14.2. The molecule has 0 saturated carbocycles. The Labute approximate surface area is 460 Å². The molecule has 0 bridgehead atoms. The molecule has 0 radical (unpaired) electrons. The van der Waals surface area contributed by atoms with Gasteiger partial charge in [-0.05, 0) is 117 Å². The molecule has 372 valence electrons. The van der Waals surface area contributed by atoms with Crippen LogP contribution in [0.3, 0.4) is 0 Å². The lowest BCUT2D eigenvalue weighted by Crippen LogP contribution is -2.28. The van der Waals surface area contributed by atoms with Crippen molar-refractivity contribution in [2.75, 3.05) is 4.90 Å². The summed E-state index contributed by atoms with van der Waals surface area (Å²) in [6, 6.07) is 96.9. The molecule has 3 heterocycles. The van der Waals surface area contributed by atoms with Crippen LogP contribution in [0.5, 0.6) is 17.2 Å². The first kappa shape index (κ1) is 49.1. The summed E-state index contributed by atoms with van der Waals surface area (Å²) in [5, 5.41) is 12.4. The van der Waals surface area contributed by atoms with E-state index in [1.165, 1.54) is 44.5 Å². The molecule has 0 aliphatic heterocycles. The summed E-state index contributed by atoms with van der Waals surface area (Å²) in [6.07, 6.45) is 5.21. The minimum Gasteiger partial charge on any atom is -0.613 e. The van der Waals surface area contributed by atoms with Crippen LogP contribution in [-0.2, 0) is 5.41 Å². The maximum Gasteiger partial charge on any atom is 0.832 e. The Morgan fingerprint density at radius 2 is 0.731 bits per heavy atom. The van der Waals surface area contributed by atoms with Gasteiger partial charge < -0.3 is 17.6 Å². The quantitative estimate of drug-likeness (QED) is 0.137. The SMILES string of the molecule is Oc1cccc2cccnc12.c1ccc(-c2ccc(N(c3ccccc3)c3ccc(C4(c5ccccc5)c5ccccc5-c5ccccc54)cc3)cc2)cc1.c1cnc2c([O][AlH][O]c3cccc4cccnc34)cccc2c1. The van der Waals surface area contributed by atoms with Crippen molar-refractivity contribution in [3.63, 3.8) is 0 Å². The summed E-state index contributed by atoms with van der Waals surface area (Å²) in [6.45, 7) is 0. The van der Waals surface area contributed by atoms with Gasteiger partial charge in [0.1, 0.15) is 33.8 Å². The molecular formula is C70H51AlN4O3. The van der Waals surface area contributed by atoms with E-state index in [-0.39, 0.29) is 5.75 Å². The molecular weight excluding hydrogens is 972 g/mol. The van der Waals surface area contributed by atoms with Crippen molar-refractivity contribution in [1.29, 1.82) is 0 Å². The fourth-order valence-corrected chi connectivity index (χ4v) is 11.4. The average Bonchev–Trinajstić information content (AvgIpc) is 3.86. The van der Waals surface area contributed by atoms with E-state index in [2.05, 4.69) is 208 Å². The normalized spacial score (nSPS) is 11.7.